The molecule has 124 valence electrons. The van der Waals surface area contributed by atoms with Crippen LogP contribution in [0.15, 0.2) is 28.7 Å². The molecule has 6 nitrogen and oxygen atoms in total. The minimum Gasteiger partial charge on any atom is -0.351 e. The zero-order valence-electron chi connectivity index (χ0n) is 13.2. The van der Waals surface area contributed by atoms with Crippen molar-refractivity contribution in [2.75, 3.05) is 20.1 Å². The maximum Gasteiger partial charge on any atom is 0.275 e. The summed E-state index contributed by atoms with van der Waals surface area (Å²) in [5, 5.41) is 6.08. The number of H-pyrrole nitrogens is 1. The summed E-state index contributed by atoms with van der Waals surface area (Å²) in [6.07, 6.45) is 0.936. The first-order valence-corrected chi connectivity index (χ1v) is 8.71. The third-order valence-corrected chi connectivity index (χ3v) is 4.27. The number of likely N-dealkylation sites (N-methyl/N-ethyl adjacent to an activating group) is 1. The third-order valence-electron chi connectivity index (χ3n) is 3.27. The molecule has 0 spiro atoms. The van der Waals surface area contributed by atoms with Gasteiger partial charge in [0.15, 0.2) is 19.0 Å². The molecule has 1 aromatic heterocycles. The number of amides is 1. The molecule has 1 heterocycles. The van der Waals surface area contributed by atoms with Crippen LogP contribution in [0.2, 0.25) is 0 Å². The van der Waals surface area contributed by atoms with Crippen LogP contribution in [0.25, 0.3) is 11.4 Å². The quantitative estimate of drug-likeness (QED) is 0.617. The summed E-state index contributed by atoms with van der Waals surface area (Å²) in [6, 6.07) is 7.83. The van der Waals surface area contributed by atoms with Crippen LogP contribution in [0.3, 0.4) is 0 Å². The second kappa shape index (κ2) is 8.37. The van der Waals surface area contributed by atoms with E-state index in [-0.39, 0.29) is 5.91 Å². The largest absolute Gasteiger partial charge is 0.351 e. The maximum atomic E-state index is 11.8. The van der Waals surface area contributed by atoms with Gasteiger partial charge in [-0.2, -0.15) is 4.98 Å². The van der Waals surface area contributed by atoms with Crippen LogP contribution in [0.4, 0.5) is 0 Å². The molecule has 2 aromatic rings. The average molecular weight is 399 g/mol. The highest BCUT2D eigenvalue weighted by Gasteiger charge is 2.13. The van der Waals surface area contributed by atoms with Gasteiger partial charge in [0.2, 0.25) is 4.77 Å². The van der Waals surface area contributed by atoms with Gasteiger partial charge in [0.1, 0.15) is 0 Å². The zero-order chi connectivity index (χ0) is 16.8. The molecule has 0 aliphatic carbocycles. The Morgan fingerprint density at radius 1 is 1.48 bits per heavy atom. The number of quaternary nitrogens is 1. The number of nitrogens with one attached hydrogen (secondary N) is 3. The summed E-state index contributed by atoms with van der Waals surface area (Å²) >= 11 is 8.82. The second-order valence-electron chi connectivity index (χ2n) is 5.40. The molecule has 0 radical (unpaired) electrons. The molecule has 1 aromatic carbocycles. The number of halogens is 1. The standard InChI is InChI=1S/C15H20BrN5OS/c1-3-8-17-13(22)9-20(2)10-21-15(23)18-14(19-21)11-6-4-5-7-12(11)16/h4-7H,3,8-10H2,1-2H3,(H,17,22)(H,18,19,23)/p+1. The molecule has 1 unspecified atom stereocenters. The summed E-state index contributed by atoms with van der Waals surface area (Å²) in [4.78, 5) is 17.2. The number of carbonyl (C=O) groups excluding carboxylic acids is 1. The Morgan fingerprint density at radius 3 is 2.91 bits per heavy atom. The Kier molecular flexibility index (Phi) is 6.49. The van der Waals surface area contributed by atoms with Crippen LogP contribution in [-0.4, -0.2) is 40.8 Å². The average Bonchev–Trinajstić information content (AvgIpc) is 2.86. The monoisotopic (exact) mass is 398 g/mol. The van der Waals surface area contributed by atoms with E-state index in [2.05, 4.69) is 31.3 Å². The molecule has 0 fully saturated rings. The number of aromatic nitrogens is 3. The van der Waals surface area contributed by atoms with Crippen LogP contribution in [0, 0.1) is 4.77 Å². The van der Waals surface area contributed by atoms with Gasteiger partial charge in [-0.3, -0.25) is 9.89 Å². The molecule has 8 heteroatoms. The molecule has 0 saturated heterocycles. The van der Waals surface area contributed by atoms with Crippen molar-refractivity contribution < 1.29 is 9.69 Å². The Balaban J connectivity index is 2.06. The second-order valence-corrected chi connectivity index (χ2v) is 6.62. The lowest BCUT2D eigenvalue weighted by atomic mass is 10.2. The van der Waals surface area contributed by atoms with Crippen LogP contribution in [0.5, 0.6) is 0 Å². The van der Waals surface area contributed by atoms with E-state index < -0.39 is 0 Å². The number of hydrogen-bond donors (Lipinski definition) is 3. The van der Waals surface area contributed by atoms with E-state index in [1.165, 1.54) is 0 Å². The lowest BCUT2D eigenvalue weighted by Crippen LogP contribution is -3.09. The number of carbonyl (C=O) groups is 1. The summed E-state index contributed by atoms with van der Waals surface area (Å²) in [7, 11) is 1.95. The molecule has 3 N–H and O–H groups in total. The van der Waals surface area contributed by atoms with Crippen LogP contribution < -0.4 is 10.2 Å². The first-order chi connectivity index (χ1) is 11.0. The number of hydrogen-bond acceptors (Lipinski definition) is 3. The molecule has 2 rings (SSSR count). The highest BCUT2D eigenvalue weighted by molar-refractivity contribution is 9.10. The molecule has 0 saturated carbocycles. The van der Waals surface area contributed by atoms with Gasteiger partial charge in [-0.05, 0) is 24.7 Å². The van der Waals surface area contributed by atoms with E-state index in [9.17, 15) is 4.79 Å². The minimum atomic E-state index is 0.0430. The van der Waals surface area contributed by atoms with Crippen molar-refractivity contribution in [2.45, 2.75) is 20.0 Å². The molecule has 0 aliphatic rings. The fourth-order valence-corrected chi connectivity index (χ4v) is 2.84. The van der Waals surface area contributed by atoms with E-state index in [0.29, 0.717) is 30.4 Å². The van der Waals surface area contributed by atoms with E-state index in [1.807, 2.05) is 38.2 Å². The van der Waals surface area contributed by atoms with E-state index >= 15 is 0 Å². The lowest BCUT2D eigenvalue weighted by molar-refractivity contribution is -0.895. The van der Waals surface area contributed by atoms with Crippen molar-refractivity contribution >= 4 is 34.1 Å². The van der Waals surface area contributed by atoms with Crippen LogP contribution in [0.1, 0.15) is 13.3 Å². The normalized spacial score (nSPS) is 12.1. The summed E-state index contributed by atoms with van der Waals surface area (Å²) < 4.78 is 3.21. The molecular formula is C15H21BrN5OS+. The lowest BCUT2D eigenvalue weighted by Gasteiger charge is -2.13. The van der Waals surface area contributed by atoms with Crippen molar-refractivity contribution in [2.24, 2.45) is 0 Å². The summed E-state index contributed by atoms with van der Waals surface area (Å²) in [6.45, 7) is 3.69. The van der Waals surface area contributed by atoms with E-state index in [4.69, 9.17) is 12.2 Å². The first-order valence-electron chi connectivity index (χ1n) is 7.51. The van der Waals surface area contributed by atoms with E-state index in [0.717, 1.165) is 21.4 Å². The van der Waals surface area contributed by atoms with Gasteiger partial charge in [-0.25, -0.2) is 4.68 Å². The number of nitrogens with zero attached hydrogens (tertiary/aromatic N) is 2. The Morgan fingerprint density at radius 2 is 2.22 bits per heavy atom. The van der Waals surface area contributed by atoms with Crippen LogP contribution in [-0.2, 0) is 11.5 Å². The van der Waals surface area contributed by atoms with Crippen molar-refractivity contribution in [3.05, 3.63) is 33.5 Å². The summed E-state index contributed by atoms with van der Waals surface area (Å²) in [5.74, 6) is 0.757. The minimum absolute atomic E-state index is 0.0430. The third kappa shape index (κ3) is 4.98. The van der Waals surface area contributed by atoms with Gasteiger partial charge >= 0.3 is 0 Å². The van der Waals surface area contributed by atoms with Crippen molar-refractivity contribution in [1.29, 1.82) is 0 Å². The molecule has 1 amide bonds. The highest BCUT2D eigenvalue weighted by Crippen LogP contribution is 2.24. The predicted molar refractivity (Wildman–Crippen MR) is 95.6 cm³/mol. The fourth-order valence-electron chi connectivity index (χ4n) is 2.16. The zero-order valence-corrected chi connectivity index (χ0v) is 15.6. The number of benzene rings is 1. The fraction of sp³-hybridized carbons (Fsp3) is 0.400. The van der Waals surface area contributed by atoms with Gasteiger partial charge in [0.05, 0.1) is 7.05 Å². The van der Waals surface area contributed by atoms with Crippen molar-refractivity contribution in [3.63, 3.8) is 0 Å². The van der Waals surface area contributed by atoms with Crippen molar-refractivity contribution in [3.8, 4) is 11.4 Å². The Bertz CT molecular complexity index is 727. The van der Waals surface area contributed by atoms with Gasteiger partial charge in [-0.1, -0.05) is 41.1 Å². The molecule has 0 aliphatic heterocycles. The Labute approximate surface area is 149 Å². The molecular weight excluding hydrogens is 378 g/mol. The van der Waals surface area contributed by atoms with Gasteiger partial charge in [-0.15, -0.1) is 0 Å². The van der Waals surface area contributed by atoms with Gasteiger partial charge < -0.3 is 10.2 Å². The van der Waals surface area contributed by atoms with E-state index in [1.54, 1.807) is 4.68 Å². The van der Waals surface area contributed by atoms with Crippen molar-refractivity contribution in [1.82, 2.24) is 20.1 Å². The summed E-state index contributed by atoms with van der Waals surface area (Å²) in [5.41, 5.74) is 0.954. The highest BCUT2D eigenvalue weighted by atomic mass is 79.9. The maximum absolute atomic E-state index is 11.8. The predicted octanol–water partition coefficient (Wildman–Crippen LogP) is 1.37. The smallest absolute Gasteiger partial charge is 0.275 e. The van der Waals surface area contributed by atoms with Gasteiger partial charge in [0.25, 0.3) is 5.91 Å². The molecule has 23 heavy (non-hydrogen) atoms. The topological polar surface area (TPSA) is 67.2 Å². The Hall–Kier alpha value is -1.51. The molecule has 0 bridgehead atoms. The molecule has 1 atom stereocenters. The number of aromatic amines is 1. The van der Waals surface area contributed by atoms with Gasteiger partial charge in [0, 0.05) is 16.6 Å². The van der Waals surface area contributed by atoms with Crippen LogP contribution >= 0.6 is 28.1 Å². The number of rotatable bonds is 7. The first kappa shape index (κ1) is 17.8. The SMILES string of the molecule is CCCNC(=O)C[NH+](C)Cn1[nH]c(-c2ccccc2Br)nc1=S.